The van der Waals surface area contributed by atoms with Crippen LogP contribution in [0.4, 0.5) is 5.82 Å². The van der Waals surface area contributed by atoms with Crippen LogP contribution < -0.4 is 10.2 Å². The number of carbonyl (C=O) groups is 1. The van der Waals surface area contributed by atoms with Crippen molar-refractivity contribution < 1.29 is 4.79 Å². The number of nitrogens with one attached hydrogen (secondary N) is 2. The molecule has 2 aliphatic rings. The minimum atomic E-state index is -0.174. The lowest BCUT2D eigenvalue weighted by Gasteiger charge is -2.30. The summed E-state index contributed by atoms with van der Waals surface area (Å²) in [5.74, 6) is 1.08. The SMILES string of the molecule is CC(=O)NC1=NC=CC2C(c3ccnc(=S)[nH]3)c3cccnc3N12. The van der Waals surface area contributed by atoms with Gasteiger partial charge in [0.05, 0.1) is 12.0 Å². The molecule has 2 aromatic heterocycles. The van der Waals surface area contributed by atoms with Crippen LogP contribution in [0.25, 0.3) is 0 Å². The van der Waals surface area contributed by atoms with Crippen molar-refractivity contribution in [3.8, 4) is 0 Å². The fraction of sp³-hybridized carbons (Fsp3) is 0.188. The summed E-state index contributed by atoms with van der Waals surface area (Å²) in [5, 5.41) is 2.78. The number of aliphatic imine (C=N–C) groups is 1. The lowest BCUT2D eigenvalue weighted by Crippen LogP contribution is -2.49. The molecule has 0 spiro atoms. The average molecular weight is 338 g/mol. The monoisotopic (exact) mass is 338 g/mol. The molecule has 8 heteroatoms. The van der Waals surface area contributed by atoms with Crippen molar-refractivity contribution in [3.63, 3.8) is 0 Å². The molecule has 0 saturated heterocycles. The number of pyridine rings is 1. The van der Waals surface area contributed by atoms with Crippen molar-refractivity contribution in [1.82, 2.24) is 20.3 Å². The Hall–Kier alpha value is -2.87. The highest BCUT2D eigenvalue weighted by atomic mass is 32.1. The smallest absolute Gasteiger partial charge is 0.223 e. The normalized spacial score (nSPS) is 21.0. The Kier molecular flexibility index (Phi) is 3.46. The van der Waals surface area contributed by atoms with E-state index in [9.17, 15) is 4.79 Å². The maximum absolute atomic E-state index is 11.5. The zero-order valence-electron chi connectivity index (χ0n) is 12.8. The second kappa shape index (κ2) is 5.64. The summed E-state index contributed by atoms with van der Waals surface area (Å²) in [6, 6.07) is 5.79. The molecule has 4 rings (SSSR count). The predicted molar refractivity (Wildman–Crippen MR) is 92.2 cm³/mol. The quantitative estimate of drug-likeness (QED) is 0.775. The number of nitrogens with zero attached hydrogens (tertiary/aromatic N) is 4. The van der Waals surface area contributed by atoms with E-state index in [1.807, 2.05) is 29.2 Å². The third-order valence-electron chi connectivity index (χ3n) is 4.05. The molecule has 24 heavy (non-hydrogen) atoms. The summed E-state index contributed by atoms with van der Waals surface area (Å²) in [4.78, 5) is 29.5. The van der Waals surface area contributed by atoms with Crippen LogP contribution in [0, 0.1) is 4.77 Å². The summed E-state index contributed by atoms with van der Waals surface area (Å²) in [7, 11) is 0. The minimum absolute atomic E-state index is 0.00564. The van der Waals surface area contributed by atoms with E-state index in [0.29, 0.717) is 10.7 Å². The predicted octanol–water partition coefficient (Wildman–Crippen LogP) is 1.87. The van der Waals surface area contributed by atoms with E-state index in [2.05, 4.69) is 25.3 Å². The zero-order valence-corrected chi connectivity index (χ0v) is 13.6. The number of aromatic nitrogens is 3. The molecule has 0 aromatic carbocycles. The van der Waals surface area contributed by atoms with Crippen LogP contribution in [-0.4, -0.2) is 32.9 Å². The van der Waals surface area contributed by atoms with E-state index >= 15 is 0 Å². The maximum atomic E-state index is 11.5. The molecule has 2 N–H and O–H groups in total. The molecule has 2 unspecified atom stereocenters. The molecular formula is C16H14N6OS. The molecule has 7 nitrogen and oxygen atoms in total. The van der Waals surface area contributed by atoms with Gasteiger partial charge in [-0.15, -0.1) is 0 Å². The van der Waals surface area contributed by atoms with Gasteiger partial charge in [-0.3, -0.25) is 15.0 Å². The number of carbonyl (C=O) groups excluding carboxylic acids is 1. The Morgan fingerprint density at radius 2 is 2.21 bits per heavy atom. The molecule has 2 atom stereocenters. The van der Waals surface area contributed by atoms with Crippen molar-refractivity contribution in [1.29, 1.82) is 0 Å². The van der Waals surface area contributed by atoms with Gasteiger partial charge in [-0.05, 0) is 30.4 Å². The Bertz CT molecular complexity index is 934. The molecule has 120 valence electrons. The highest BCUT2D eigenvalue weighted by molar-refractivity contribution is 7.71. The van der Waals surface area contributed by atoms with Crippen LogP contribution in [0.2, 0.25) is 0 Å². The lowest BCUT2D eigenvalue weighted by atomic mass is 9.92. The van der Waals surface area contributed by atoms with Crippen molar-refractivity contribution in [2.45, 2.75) is 18.9 Å². The average Bonchev–Trinajstić information content (AvgIpc) is 2.89. The van der Waals surface area contributed by atoms with Gasteiger partial charge in [0.15, 0.2) is 4.77 Å². The number of rotatable bonds is 1. The molecule has 0 saturated carbocycles. The molecule has 4 heterocycles. The first-order chi connectivity index (χ1) is 11.6. The van der Waals surface area contributed by atoms with Crippen molar-refractivity contribution in [2.75, 3.05) is 4.90 Å². The summed E-state index contributed by atoms with van der Waals surface area (Å²) < 4.78 is 0.437. The summed E-state index contributed by atoms with van der Waals surface area (Å²) in [6.07, 6.45) is 7.13. The van der Waals surface area contributed by atoms with Gasteiger partial charge in [0.2, 0.25) is 11.9 Å². The van der Waals surface area contributed by atoms with Gasteiger partial charge in [-0.2, -0.15) is 0 Å². The van der Waals surface area contributed by atoms with Gasteiger partial charge in [-0.1, -0.05) is 6.07 Å². The fourth-order valence-corrected chi connectivity index (χ4v) is 3.37. The van der Waals surface area contributed by atoms with Gasteiger partial charge in [-0.25, -0.2) is 15.0 Å². The number of guanidine groups is 1. The van der Waals surface area contributed by atoms with Crippen molar-refractivity contribution in [3.05, 3.63) is 58.9 Å². The number of amides is 1. The molecule has 0 aliphatic carbocycles. The van der Waals surface area contributed by atoms with Gasteiger partial charge in [0, 0.05) is 36.8 Å². The third-order valence-corrected chi connectivity index (χ3v) is 4.26. The van der Waals surface area contributed by atoms with E-state index in [1.165, 1.54) is 6.92 Å². The molecule has 0 radical (unpaired) electrons. The number of hydrogen-bond acceptors (Lipinski definition) is 6. The van der Waals surface area contributed by atoms with Crippen LogP contribution in [0.3, 0.4) is 0 Å². The zero-order chi connectivity index (χ0) is 16.7. The second-order valence-corrected chi connectivity index (χ2v) is 5.95. The van der Waals surface area contributed by atoms with Crippen molar-refractivity contribution >= 4 is 29.9 Å². The van der Waals surface area contributed by atoms with Gasteiger partial charge in [0.25, 0.3) is 0 Å². The van der Waals surface area contributed by atoms with E-state index < -0.39 is 0 Å². The molecule has 1 amide bonds. The van der Waals surface area contributed by atoms with Crippen LogP contribution in [0.1, 0.15) is 24.1 Å². The van der Waals surface area contributed by atoms with Gasteiger partial charge in [0.1, 0.15) is 5.82 Å². The maximum Gasteiger partial charge on any atom is 0.223 e. The highest BCUT2D eigenvalue weighted by Gasteiger charge is 2.43. The fourth-order valence-electron chi connectivity index (χ4n) is 3.20. The van der Waals surface area contributed by atoms with Crippen LogP contribution in [-0.2, 0) is 4.79 Å². The molecule has 2 aliphatic heterocycles. The molecule has 0 bridgehead atoms. The third kappa shape index (κ3) is 2.31. The Labute approximate surface area is 143 Å². The first-order valence-corrected chi connectivity index (χ1v) is 7.87. The first kappa shape index (κ1) is 14.7. The number of fused-ring (bicyclic) bond motifs is 3. The molecular weight excluding hydrogens is 324 g/mol. The number of aromatic amines is 1. The Morgan fingerprint density at radius 1 is 1.33 bits per heavy atom. The molecule has 0 fully saturated rings. The lowest BCUT2D eigenvalue weighted by molar-refractivity contribution is -0.117. The molecule has 2 aromatic rings. The van der Waals surface area contributed by atoms with E-state index in [0.717, 1.165) is 17.1 Å². The van der Waals surface area contributed by atoms with E-state index in [4.69, 9.17) is 12.2 Å². The van der Waals surface area contributed by atoms with Crippen LogP contribution >= 0.6 is 12.2 Å². The van der Waals surface area contributed by atoms with Crippen molar-refractivity contribution in [2.24, 2.45) is 4.99 Å². The van der Waals surface area contributed by atoms with Crippen LogP contribution in [0.5, 0.6) is 0 Å². The topological polar surface area (TPSA) is 86.3 Å². The van der Waals surface area contributed by atoms with Gasteiger partial charge < -0.3 is 4.98 Å². The number of H-pyrrole nitrogens is 1. The Balaban J connectivity index is 1.86. The number of anilines is 1. The van der Waals surface area contributed by atoms with Crippen LogP contribution in [0.15, 0.2) is 47.9 Å². The Morgan fingerprint density at radius 3 is 3.00 bits per heavy atom. The summed E-state index contributed by atoms with van der Waals surface area (Å²) in [5.41, 5.74) is 1.99. The first-order valence-electron chi connectivity index (χ1n) is 7.46. The standard InChI is InChI=1S/C16H14N6OS/c1-9(23)20-15-18-8-5-12-13(11-4-7-19-16(24)21-11)10-3-2-6-17-14(10)22(12)15/h2-8,12-13H,1H3,(H,18,20,23)(H,19,21,24). The largest absolute Gasteiger partial charge is 0.334 e. The van der Waals surface area contributed by atoms with E-state index in [1.54, 1.807) is 18.6 Å². The number of hydrogen-bond donors (Lipinski definition) is 2. The second-order valence-electron chi connectivity index (χ2n) is 5.56. The van der Waals surface area contributed by atoms with Gasteiger partial charge >= 0.3 is 0 Å². The minimum Gasteiger partial charge on any atom is -0.334 e. The highest BCUT2D eigenvalue weighted by Crippen LogP contribution is 2.44. The van der Waals surface area contributed by atoms with E-state index in [-0.39, 0.29) is 17.9 Å². The summed E-state index contributed by atoms with van der Waals surface area (Å²) >= 11 is 5.17. The summed E-state index contributed by atoms with van der Waals surface area (Å²) in [6.45, 7) is 1.46.